The van der Waals surface area contributed by atoms with Crippen LogP contribution in [-0.4, -0.2) is 32.1 Å². The minimum Gasteiger partial charge on any atom is -0.495 e. The van der Waals surface area contributed by atoms with Crippen LogP contribution in [0.5, 0.6) is 11.5 Å². The predicted molar refractivity (Wildman–Crippen MR) is 105 cm³/mol. The van der Waals surface area contributed by atoms with Crippen molar-refractivity contribution in [1.82, 2.24) is 0 Å². The van der Waals surface area contributed by atoms with Crippen LogP contribution in [0, 0.1) is 0 Å². The van der Waals surface area contributed by atoms with Gasteiger partial charge in [-0.3, -0.25) is 0 Å². The fourth-order valence-corrected chi connectivity index (χ4v) is 2.41. The van der Waals surface area contributed by atoms with Crippen molar-refractivity contribution in [2.45, 2.75) is 19.8 Å². The number of hydrogen-bond acceptors (Lipinski definition) is 7. The molecule has 0 amide bonds. The average Bonchev–Trinajstić information content (AvgIpc) is 2.67. The number of esters is 1. The van der Waals surface area contributed by atoms with Gasteiger partial charge in [0.25, 0.3) is 0 Å². The maximum atomic E-state index is 11.7. The summed E-state index contributed by atoms with van der Waals surface area (Å²) >= 11 is 6.05. The number of carbonyl (C=O) groups excluding carboxylic acids is 2. The lowest BCUT2D eigenvalue weighted by Crippen LogP contribution is -2.16. The van der Waals surface area contributed by atoms with E-state index in [9.17, 15) is 9.59 Å². The van der Waals surface area contributed by atoms with Gasteiger partial charge in [0, 0.05) is 13.0 Å². The quantitative estimate of drug-likeness (QED) is 0.239. The number of ketones is 1. The smallest absolute Gasteiger partial charge is 0.337 e. The van der Waals surface area contributed by atoms with Crippen molar-refractivity contribution in [2.24, 2.45) is 10.2 Å². The third-order valence-corrected chi connectivity index (χ3v) is 3.82. The first-order valence-corrected chi connectivity index (χ1v) is 8.99. The second-order valence-corrected chi connectivity index (χ2v) is 6.25. The van der Waals surface area contributed by atoms with Crippen molar-refractivity contribution < 1.29 is 23.8 Å². The number of methoxy groups -OCH3 is 1. The molecule has 7 nitrogen and oxygen atoms in total. The van der Waals surface area contributed by atoms with E-state index < -0.39 is 5.97 Å². The minimum atomic E-state index is -0.509. The van der Waals surface area contributed by atoms with Crippen LogP contribution in [0.2, 0.25) is 5.02 Å². The van der Waals surface area contributed by atoms with Crippen LogP contribution in [-0.2, 0) is 14.3 Å². The first-order valence-electron chi connectivity index (χ1n) is 8.61. The lowest BCUT2D eigenvalue weighted by molar-refractivity contribution is -0.139. The molecule has 0 aromatic heterocycles. The molecular formula is C20H21ClN2O5. The molecule has 0 saturated carbocycles. The van der Waals surface area contributed by atoms with Crippen LogP contribution < -0.4 is 9.47 Å². The standard InChI is InChI=1S/C20H21ClN2O5/c1-14(24)4-3-11-27-13-20(25)28-17-8-5-15(6-9-17)22-23-16-7-10-19(26-2)18(21)12-16/h5-10,12H,3-4,11,13H2,1-2H3. The van der Waals surface area contributed by atoms with E-state index >= 15 is 0 Å². The van der Waals surface area contributed by atoms with Gasteiger partial charge in [-0.15, -0.1) is 0 Å². The van der Waals surface area contributed by atoms with E-state index in [-0.39, 0.29) is 12.4 Å². The number of ether oxygens (including phenoxy) is 3. The maximum Gasteiger partial charge on any atom is 0.337 e. The monoisotopic (exact) mass is 404 g/mol. The van der Waals surface area contributed by atoms with Gasteiger partial charge in [0.1, 0.15) is 23.9 Å². The summed E-state index contributed by atoms with van der Waals surface area (Å²) in [5, 5.41) is 8.67. The third-order valence-electron chi connectivity index (χ3n) is 3.52. The van der Waals surface area contributed by atoms with Crippen LogP contribution in [0.3, 0.4) is 0 Å². The van der Waals surface area contributed by atoms with Gasteiger partial charge in [-0.2, -0.15) is 10.2 Å². The highest BCUT2D eigenvalue weighted by molar-refractivity contribution is 6.32. The average molecular weight is 405 g/mol. The normalized spacial score (nSPS) is 10.8. The summed E-state index contributed by atoms with van der Waals surface area (Å²) in [6.45, 7) is 1.69. The Hall–Kier alpha value is -2.77. The molecule has 0 bridgehead atoms. The molecule has 2 rings (SSSR count). The molecule has 0 aliphatic carbocycles. The van der Waals surface area contributed by atoms with E-state index in [4.69, 9.17) is 25.8 Å². The molecule has 0 N–H and O–H groups in total. The van der Waals surface area contributed by atoms with Crippen molar-refractivity contribution in [3.8, 4) is 11.5 Å². The predicted octanol–water partition coefficient (Wildman–Crippen LogP) is 5.06. The minimum absolute atomic E-state index is 0.0958. The van der Waals surface area contributed by atoms with Gasteiger partial charge in [0.15, 0.2) is 0 Å². The van der Waals surface area contributed by atoms with Crippen molar-refractivity contribution in [3.63, 3.8) is 0 Å². The summed E-state index contributed by atoms with van der Waals surface area (Å²) < 4.78 is 15.4. The van der Waals surface area contributed by atoms with Gasteiger partial charge in [-0.05, 0) is 55.8 Å². The number of azo groups is 1. The fourth-order valence-electron chi connectivity index (χ4n) is 2.15. The van der Waals surface area contributed by atoms with Crippen molar-refractivity contribution in [3.05, 3.63) is 47.5 Å². The van der Waals surface area contributed by atoms with E-state index in [0.29, 0.717) is 47.3 Å². The first-order chi connectivity index (χ1) is 13.5. The van der Waals surface area contributed by atoms with E-state index in [1.807, 2.05) is 0 Å². The summed E-state index contributed by atoms with van der Waals surface area (Å²) in [4.78, 5) is 22.5. The Balaban J connectivity index is 1.81. The molecule has 0 aliphatic rings. The maximum absolute atomic E-state index is 11.7. The van der Waals surface area contributed by atoms with E-state index in [0.717, 1.165) is 0 Å². The van der Waals surface area contributed by atoms with Crippen LogP contribution in [0.1, 0.15) is 19.8 Å². The molecular weight excluding hydrogens is 384 g/mol. The highest BCUT2D eigenvalue weighted by Crippen LogP contribution is 2.29. The third kappa shape index (κ3) is 7.46. The van der Waals surface area contributed by atoms with Crippen molar-refractivity contribution in [1.29, 1.82) is 0 Å². The SMILES string of the molecule is COc1ccc(N=Nc2ccc(OC(=O)COCCCC(C)=O)cc2)cc1Cl. The Bertz CT molecular complexity index is 837. The molecule has 0 heterocycles. The summed E-state index contributed by atoms with van der Waals surface area (Å²) in [5.74, 6) is 0.530. The number of benzene rings is 2. The van der Waals surface area contributed by atoms with Gasteiger partial charge < -0.3 is 19.0 Å². The van der Waals surface area contributed by atoms with Crippen LogP contribution in [0.4, 0.5) is 11.4 Å². The number of nitrogens with zero attached hydrogens (tertiary/aromatic N) is 2. The molecule has 0 fully saturated rings. The number of rotatable bonds is 10. The van der Waals surface area contributed by atoms with Gasteiger partial charge in [0.2, 0.25) is 0 Å². The molecule has 0 spiro atoms. The Labute approximate surface area is 168 Å². The fraction of sp³-hybridized carbons (Fsp3) is 0.300. The molecule has 2 aromatic rings. The lowest BCUT2D eigenvalue weighted by Gasteiger charge is -2.05. The summed E-state index contributed by atoms with van der Waals surface area (Å²) in [6, 6.07) is 11.7. The van der Waals surface area contributed by atoms with E-state index in [1.54, 1.807) is 42.5 Å². The number of halogens is 1. The molecule has 0 atom stereocenters. The highest BCUT2D eigenvalue weighted by atomic mass is 35.5. The number of Topliss-reactive ketones (excluding diaryl/α,β-unsaturated/α-hetero) is 1. The van der Waals surface area contributed by atoms with Crippen LogP contribution in [0.15, 0.2) is 52.7 Å². The van der Waals surface area contributed by atoms with Crippen molar-refractivity contribution in [2.75, 3.05) is 20.3 Å². The van der Waals surface area contributed by atoms with Crippen LogP contribution in [0.25, 0.3) is 0 Å². The molecule has 0 radical (unpaired) electrons. The van der Waals surface area contributed by atoms with E-state index in [2.05, 4.69) is 10.2 Å². The highest BCUT2D eigenvalue weighted by Gasteiger charge is 2.06. The molecule has 2 aromatic carbocycles. The van der Waals surface area contributed by atoms with Crippen molar-refractivity contribution >= 4 is 34.7 Å². The zero-order valence-electron chi connectivity index (χ0n) is 15.7. The molecule has 148 valence electrons. The second kappa shape index (κ2) is 11.2. The molecule has 0 unspecified atom stereocenters. The van der Waals surface area contributed by atoms with Gasteiger partial charge in [0.05, 0.1) is 23.5 Å². The second-order valence-electron chi connectivity index (χ2n) is 5.84. The largest absolute Gasteiger partial charge is 0.495 e. The summed E-state index contributed by atoms with van der Waals surface area (Å²) in [7, 11) is 1.54. The summed E-state index contributed by atoms with van der Waals surface area (Å²) in [6.07, 6.45) is 1.02. The Morgan fingerprint density at radius 1 is 1.04 bits per heavy atom. The first kappa shape index (κ1) is 21.5. The molecule has 0 saturated heterocycles. The van der Waals surface area contributed by atoms with Gasteiger partial charge >= 0.3 is 5.97 Å². The zero-order valence-corrected chi connectivity index (χ0v) is 16.4. The molecule has 8 heteroatoms. The van der Waals surface area contributed by atoms with Gasteiger partial charge in [-0.25, -0.2) is 4.79 Å². The molecule has 0 aliphatic heterocycles. The Morgan fingerprint density at radius 2 is 1.71 bits per heavy atom. The summed E-state index contributed by atoms with van der Waals surface area (Å²) in [5.41, 5.74) is 1.18. The molecule has 28 heavy (non-hydrogen) atoms. The Morgan fingerprint density at radius 3 is 2.36 bits per heavy atom. The van der Waals surface area contributed by atoms with Crippen LogP contribution >= 0.6 is 11.6 Å². The Kier molecular flexibility index (Phi) is 8.58. The lowest BCUT2D eigenvalue weighted by atomic mass is 10.2. The van der Waals surface area contributed by atoms with Gasteiger partial charge in [-0.1, -0.05) is 11.6 Å². The topological polar surface area (TPSA) is 86.6 Å². The number of carbonyl (C=O) groups is 2. The zero-order chi connectivity index (χ0) is 20.4. The number of hydrogen-bond donors (Lipinski definition) is 0. The van der Waals surface area contributed by atoms with E-state index in [1.165, 1.54) is 14.0 Å².